The van der Waals surface area contributed by atoms with Crippen molar-refractivity contribution in [1.82, 2.24) is 14.8 Å². The Balaban J connectivity index is 1.84. The van der Waals surface area contributed by atoms with Crippen LogP contribution >= 0.6 is 0 Å². The Morgan fingerprint density at radius 1 is 1.20 bits per heavy atom. The predicted molar refractivity (Wildman–Crippen MR) is 112 cm³/mol. The molecular weight excluding hydrogens is 384 g/mol. The lowest BCUT2D eigenvalue weighted by atomic mass is 10.0. The van der Waals surface area contributed by atoms with Gasteiger partial charge in [-0.05, 0) is 57.0 Å². The van der Waals surface area contributed by atoms with E-state index >= 15 is 0 Å². The fraction of sp³-hybridized carbons (Fsp3) is 0.273. The van der Waals surface area contributed by atoms with Crippen molar-refractivity contribution in [2.45, 2.75) is 34.1 Å². The smallest absolute Gasteiger partial charge is 0.358 e. The first-order chi connectivity index (χ1) is 14.3. The number of anilines is 1. The van der Waals surface area contributed by atoms with Gasteiger partial charge in [0.15, 0.2) is 11.5 Å². The van der Waals surface area contributed by atoms with Gasteiger partial charge in [0.25, 0.3) is 5.91 Å². The van der Waals surface area contributed by atoms with Crippen molar-refractivity contribution in [2.75, 3.05) is 11.9 Å². The lowest BCUT2D eigenvalue weighted by Crippen LogP contribution is -2.15. The number of benzene rings is 1. The number of H-pyrrole nitrogens is 1. The van der Waals surface area contributed by atoms with E-state index in [1.54, 1.807) is 44.3 Å². The molecule has 0 aliphatic heterocycles. The van der Waals surface area contributed by atoms with Crippen molar-refractivity contribution in [3.05, 3.63) is 64.7 Å². The molecule has 0 bridgehead atoms. The maximum Gasteiger partial charge on any atom is 0.358 e. The number of hydrogen-bond donors (Lipinski definition) is 2. The van der Waals surface area contributed by atoms with E-state index in [0.29, 0.717) is 40.3 Å². The number of carbonyl (C=O) groups excluding carboxylic acids is 3. The summed E-state index contributed by atoms with van der Waals surface area (Å²) in [6.07, 6.45) is 2.21. The number of nitrogens with zero attached hydrogens (tertiary/aromatic N) is 2. The van der Waals surface area contributed by atoms with Crippen LogP contribution in [0.4, 0.5) is 5.69 Å². The standard InChI is InChI=1S/C22H24N4O4/c1-5-17-19(14(4)27)13(3)23-20(17)21(28)24-15-8-7-9-16(12-15)26-11-10-18(25-26)22(29)30-6-2/h7-12,23H,5-6H2,1-4H3,(H,24,28). The largest absolute Gasteiger partial charge is 0.461 e. The SMILES string of the molecule is CCOC(=O)c1ccn(-c2cccc(NC(=O)c3[nH]c(C)c(C(C)=O)c3CC)c2)n1. The molecule has 3 aromatic rings. The van der Waals surface area contributed by atoms with Crippen molar-refractivity contribution in [3.63, 3.8) is 0 Å². The molecule has 0 saturated carbocycles. The van der Waals surface area contributed by atoms with Crippen LogP contribution in [0.1, 0.15) is 63.4 Å². The summed E-state index contributed by atoms with van der Waals surface area (Å²) in [5, 5.41) is 7.08. The molecule has 0 aliphatic carbocycles. The fourth-order valence-corrected chi connectivity index (χ4v) is 3.40. The summed E-state index contributed by atoms with van der Waals surface area (Å²) in [6.45, 7) is 7.19. The van der Waals surface area contributed by atoms with Crippen LogP contribution in [0.25, 0.3) is 5.69 Å². The van der Waals surface area contributed by atoms with E-state index in [4.69, 9.17) is 4.74 Å². The van der Waals surface area contributed by atoms with Gasteiger partial charge < -0.3 is 15.0 Å². The maximum atomic E-state index is 12.9. The van der Waals surface area contributed by atoms with Crippen LogP contribution in [0.3, 0.4) is 0 Å². The first-order valence-electron chi connectivity index (χ1n) is 9.72. The van der Waals surface area contributed by atoms with Gasteiger partial charge in [-0.2, -0.15) is 5.10 Å². The summed E-state index contributed by atoms with van der Waals surface area (Å²) >= 11 is 0. The molecule has 0 aliphatic rings. The number of hydrogen-bond acceptors (Lipinski definition) is 5. The number of rotatable bonds is 7. The Morgan fingerprint density at radius 2 is 1.97 bits per heavy atom. The third-order valence-corrected chi connectivity index (χ3v) is 4.67. The van der Waals surface area contributed by atoms with Crippen molar-refractivity contribution in [3.8, 4) is 5.69 Å². The molecule has 1 amide bonds. The summed E-state index contributed by atoms with van der Waals surface area (Å²) in [5.41, 5.74) is 3.78. The van der Waals surface area contributed by atoms with E-state index in [9.17, 15) is 14.4 Å². The van der Waals surface area contributed by atoms with E-state index in [1.165, 1.54) is 11.6 Å². The van der Waals surface area contributed by atoms with Crippen LogP contribution in [0, 0.1) is 6.92 Å². The Labute approximate surface area is 174 Å². The minimum atomic E-state index is -0.490. The zero-order valence-electron chi connectivity index (χ0n) is 17.4. The number of amides is 1. The highest BCUT2D eigenvalue weighted by Gasteiger charge is 2.21. The second-order valence-electron chi connectivity index (χ2n) is 6.76. The molecular formula is C22H24N4O4. The van der Waals surface area contributed by atoms with E-state index in [0.717, 1.165) is 0 Å². The molecule has 2 heterocycles. The van der Waals surface area contributed by atoms with Crippen LogP contribution in [-0.4, -0.2) is 39.0 Å². The lowest BCUT2D eigenvalue weighted by Gasteiger charge is -2.08. The Morgan fingerprint density at radius 3 is 2.63 bits per heavy atom. The third kappa shape index (κ3) is 4.17. The van der Waals surface area contributed by atoms with Gasteiger partial charge in [-0.25, -0.2) is 9.48 Å². The number of esters is 1. The van der Waals surface area contributed by atoms with Crippen molar-refractivity contribution >= 4 is 23.3 Å². The first kappa shape index (κ1) is 21.0. The number of carbonyl (C=O) groups is 3. The Hall–Kier alpha value is -3.68. The molecule has 2 N–H and O–H groups in total. The zero-order valence-corrected chi connectivity index (χ0v) is 17.4. The van der Waals surface area contributed by atoms with Gasteiger partial charge >= 0.3 is 5.97 Å². The van der Waals surface area contributed by atoms with Gasteiger partial charge in [-0.15, -0.1) is 0 Å². The highest BCUT2D eigenvalue weighted by Crippen LogP contribution is 2.22. The number of aromatic amines is 1. The summed E-state index contributed by atoms with van der Waals surface area (Å²) in [7, 11) is 0. The summed E-state index contributed by atoms with van der Waals surface area (Å²) in [6, 6.07) is 8.65. The molecule has 2 aromatic heterocycles. The molecule has 0 radical (unpaired) electrons. The molecule has 3 rings (SSSR count). The molecule has 0 saturated heterocycles. The number of ketones is 1. The molecule has 0 unspecified atom stereocenters. The number of aryl methyl sites for hydroxylation is 1. The van der Waals surface area contributed by atoms with Crippen LogP contribution in [0.5, 0.6) is 0 Å². The van der Waals surface area contributed by atoms with E-state index in [2.05, 4.69) is 15.4 Å². The van der Waals surface area contributed by atoms with Gasteiger partial charge in [0.1, 0.15) is 5.69 Å². The number of ether oxygens (including phenoxy) is 1. The molecule has 0 spiro atoms. The van der Waals surface area contributed by atoms with Crippen molar-refractivity contribution < 1.29 is 19.1 Å². The normalized spacial score (nSPS) is 10.7. The second-order valence-corrected chi connectivity index (χ2v) is 6.76. The summed E-state index contributed by atoms with van der Waals surface area (Å²) in [5.74, 6) is -0.888. The zero-order chi connectivity index (χ0) is 21.8. The van der Waals surface area contributed by atoms with E-state index in [-0.39, 0.29) is 24.0 Å². The Kier molecular flexibility index (Phi) is 6.15. The lowest BCUT2D eigenvalue weighted by molar-refractivity contribution is 0.0518. The van der Waals surface area contributed by atoms with Crippen molar-refractivity contribution in [2.24, 2.45) is 0 Å². The van der Waals surface area contributed by atoms with E-state index in [1.807, 2.05) is 13.0 Å². The molecule has 0 fully saturated rings. The average molecular weight is 408 g/mol. The maximum absolute atomic E-state index is 12.9. The molecule has 30 heavy (non-hydrogen) atoms. The minimum absolute atomic E-state index is 0.0715. The van der Waals surface area contributed by atoms with Gasteiger partial charge in [-0.3, -0.25) is 9.59 Å². The van der Waals surface area contributed by atoms with Gasteiger partial charge in [0.05, 0.1) is 12.3 Å². The second kappa shape index (κ2) is 8.77. The summed E-state index contributed by atoms with van der Waals surface area (Å²) in [4.78, 5) is 39.6. The minimum Gasteiger partial charge on any atom is -0.461 e. The van der Waals surface area contributed by atoms with Crippen LogP contribution in [-0.2, 0) is 11.2 Å². The highest BCUT2D eigenvalue weighted by molar-refractivity contribution is 6.07. The van der Waals surface area contributed by atoms with E-state index < -0.39 is 5.97 Å². The Bertz CT molecular complexity index is 1110. The van der Waals surface area contributed by atoms with Gasteiger partial charge in [0, 0.05) is 23.1 Å². The molecule has 8 heteroatoms. The van der Waals surface area contributed by atoms with Crippen LogP contribution < -0.4 is 5.32 Å². The number of Topliss-reactive ketones (excluding diaryl/α,β-unsaturated/α-hetero) is 1. The quantitative estimate of drug-likeness (QED) is 0.458. The number of nitrogens with one attached hydrogen (secondary N) is 2. The fourth-order valence-electron chi connectivity index (χ4n) is 3.40. The van der Waals surface area contributed by atoms with Crippen LogP contribution in [0.2, 0.25) is 0 Å². The average Bonchev–Trinajstić information content (AvgIpc) is 3.33. The van der Waals surface area contributed by atoms with Gasteiger partial charge in [-0.1, -0.05) is 13.0 Å². The number of aromatic nitrogens is 3. The molecule has 156 valence electrons. The third-order valence-electron chi connectivity index (χ3n) is 4.67. The topological polar surface area (TPSA) is 106 Å². The van der Waals surface area contributed by atoms with Crippen molar-refractivity contribution in [1.29, 1.82) is 0 Å². The first-order valence-corrected chi connectivity index (χ1v) is 9.72. The summed E-state index contributed by atoms with van der Waals surface area (Å²) < 4.78 is 6.49. The monoisotopic (exact) mass is 408 g/mol. The highest BCUT2D eigenvalue weighted by atomic mass is 16.5. The predicted octanol–water partition coefficient (Wildman–Crippen LogP) is 3.70. The molecule has 8 nitrogen and oxygen atoms in total. The van der Waals surface area contributed by atoms with Gasteiger partial charge in [0.2, 0.25) is 0 Å². The van der Waals surface area contributed by atoms with Crippen LogP contribution in [0.15, 0.2) is 36.5 Å². The molecule has 0 atom stereocenters. The molecule has 1 aromatic carbocycles.